The lowest BCUT2D eigenvalue weighted by molar-refractivity contribution is -0.123. The van der Waals surface area contributed by atoms with Gasteiger partial charge in [-0.25, -0.2) is 8.42 Å². The summed E-state index contributed by atoms with van der Waals surface area (Å²) < 4.78 is 36.4. The van der Waals surface area contributed by atoms with Crippen molar-refractivity contribution in [3.63, 3.8) is 0 Å². The Balaban J connectivity index is 2.39. The third-order valence-electron chi connectivity index (χ3n) is 3.80. The second kappa shape index (κ2) is 10.3. The zero-order valence-corrected chi connectivity index (χ0v) is 18.4. The third-order valence-corrected chi connectivity index (χ3v) is 6.18. The number of amides is 1. The largest absolute Gasteiger partial charge is 0.493 e. The number of benzene rings is 2. The summed E-state index contributed by atoms with van der Waals surface area (Å²) in [7, 11) is -2.80. The monoisotopic (exact) mass is 468 g/mol. The summed E-state index contributed by atoms with van der Waals surface area (Å²) in [5.74, 6) is 0.267. The zero-order chi connectivity index (χ0) is 22.3. The second-order valence-electron chi connectivity index (χ2n) is 5.85. The molecular weight excluding hydrogens is 451 g/mol. The molecule has 0 aliphatic carbocycles. The van der Waals surface area contributed by atoms with Gasteiger partial charge in [0.2, 0.25) is 9.84 Å². The number of rotatable bonds is 8. The molecule has 0 aliphatic heterocycles. The first kappa shape index (κ1) is 23.5. The number of ether oxygens (including phenoxy) is 2. The van der Waals surface area contributed by atoms with E-state index in [2.05, 4.69) is 5.32 Å². The van der Waals surface area contributed by atoms with Crippen LogP contribution in [-0.2, 0) is 14.6 Å². The van der Waals surface area contributed by atoms with Crippen LogP contribution in [0.2, 0.25) is 10.0 Å². The minimum absolute atomic E-state index is 0.0489. The fourth-order valence-electron chi connectivity index (χ4n) is 2.41. The SMILES string of the molecule is CCNC(=O)COc1ccc(C=C(C#N)S(=O)(=O)c2cc(Cl)ccc2Cl)cc1OC. The van der Waals surface area contributed by atoms with Crippen molar-refractivity contribution in [1.82, 2.24) is 5.32 Å². The second-order valence-corrected chi connectivity index (χ2v) is 8.58. The topological polar surface area (TPSA) is 105 Å². The highest BCUT2D eigenvalue weighted by Crippen LogP contribution is 2.32. The van der Waals surface area contributed by atoms with Crippen LogP contribution >= 0.6 is 23.2 Å². The molecule has 2 aromatic rings. The number of hydrogen-bond acceptors (Lipinski definition) is 6. The van der Waals surface area contributed by atoms with Gasteiger partial charge in [-0.05, 0) is 48.9 Å². The van der Waals surface area contributed by atoms with Gasteiger partial charge in [0.25, 0.3) is 5.91 Å². The number of carbonyl (C=O) groups excluding carboxylic acids is 1. The molecule has 0 spiro atoms. The van der Waals surface area contributed by atoms with Crippen molar-refractivity contribution in [2.45, 2.75) is 11.8 Å². The van der Waals surface area contributed by atoms with Crippen LogP contribution in [-0.4, -0.2) is 34.6 Å². The molecule has 0 saturated heterocycles. The Kier molecular flexibility index (Phi) is 8.12. The first-order valence-corrected chi connectivity index (χ1v) is 10.9. The number of nitrogens with zero attached hydrogens (tertiary/aromatic N) is 1. The van der Waals surface area contributed by atoms with E-state index < -0.39 is 14.7 Å². The Morgan fingerprint density at radius 2 is 1.93 bits per heavy atom. The van der Waals surface area contributed by atoms with E-state index in [4.69, 9.17) is 32.7 Å². The molecule has 0 heterocycles. The number of nitriles is 1. The van der Waals surface area contributed by atoms with Gasteiger partial charge in [-0.15, -0.1) is 0 Å². The Bertz CT molecular complexity index is 1120. The number of halogens is 2. The van der Waals surface area contributed by atoms with E-state index in [1.54, 1.807) is 13.0 Å². The molecule has 0 fully saturated rings. The lowest BCUT2D eigenvalue weighted by Crippen LogP contribution is -2.28. The van der Waals surface area contributed by atoms with Crippen molar-refractivity contribution in [3.05, 3.63) is 56.9 Å². The van der Waals surface area contributed by atoms with Crippen LogP contribution in [0.4, 0.5) is 0 Å². The number of allylic oxidation sites excluding steroid dienone is 1. The molecule has 10 heteroatoms. The maximum atomic E-state index is 12.9. The number of sulfone groups is 1. The first-order chi connectivity index (χ1) is 14.2. The predicted molar refractivity (Wildman–Crippen MR) is 114 cm³/mol. The highest BCUT2D eigenvalue weighted by atomic mass is 35.5. The van der Waals surface area contributed by atoms with Crippen LogP contribution < -0.4 is 14.8 Å². The van der Waals surface area contributed by atoms with Gasteiger partial charge >= 0.3 is 0 Å². The van der Waals surface area contributed by atoms with Gasteiger partial charge in [0.05, 0.1) is 17.0 Å². The molecule has 0 unspecified atom stereocenters. The highest BCUT2D eigenvalue weighted by molar-refractivity contribution is 7.95. The van der Waals surface area contributed by atoms with Crippen LogP contribution in [0, 0.1) is 11.3 Å². The molecule has 0 aromatic heterocycles. The van der Waals surface area contributed by atoms with E-state index in [1.807, 2.05) is 0 Å². The normalized spacial score (nSPS) is 11.5. The van der Waals surface area contributed by atoms with Gasteiger partial charge in [0.15, 0.2) is 18.1 Å². The number of carbonyl (C=O) groups is 1. The Morgan fingerprint density at radius 3 is 2.57 bits per heavy atom. The molecule has 0 bridgehead atoms. The summed E-state index contributed by atoms with van der Waals surface area (Å²) in [6.07, 6.45) is 1.18. The summed E-state index contributed by atoms with van der Waals surface area (Å²) >= 11 is 11.9. The minimum atomic E-state index is -4.20. The van der Waals surface area contributed by atoms with Crippen molar-refractivity contribution >= 4 is 45.0 Å². The maximum Gasteiger partial charge on any atom is 0.257 e. The molecule has 0 atom stereocenters. The molecule has 158 valence electrons. The van der Waals surface area contributed by atoms with Gasteiger partial charge in [-0.3, -0.25) is 4.79 Å². The Hall–Kier alpha value is -2.73. The van der Waals surface area contributed by atoms with Gasteiger partial charge in [-0.2, -0.15) is 5.26 Å². The molecular formula is C20H18Cl2N2O5S. The van der Waals surface area contributed by atoms with Crippen LogP contribution in [0.25, 0.3) is 6.08 Å². The molecule has 7 nitrogen and oxygen atoms in total. The molecule has 2 aromatic carbocycles. The fraction of sp³-hybridized carbons (Fsp3) is 0.200. The van der Waals surface area contributed by atoms with E-state index in [0.717, 1.165) is 0 Å². The van der Waals surface area contributed by atoms with E-state index in [-0.39, 0.29) is 33.2 Å². The lowest BCUT2D eigenvalue weighted by atomic mass is 10.2. The van der Waals surface area contributed by atoms with E-state index in [0.29, 0.717) is 17.9 Å². The summed E-state index contributed by atoms with van der Waals surface area (Å²) in [5.41, 5.74) is 0.371. The average molecular weight is 469 g/mol. The van der Waals surface area contributed by atoms with Crippen molar-refractivity contribution in [2.75, 3.05) is 20.3 Å². The van der Waals surface area contributed by atoms with E-state index >= 15 is 0 Å². The van der Waals surface area contributed by atoms with E-state index in [1.165, 1.54) is 49.6 Å². The number of likely N-dealkylation sites (N-methyl/N-ethyl adjacent to an activating group) is 1. The highest BCUT2D eigenvalue weighted by Gasteiger charge is 2.24. The quantitative estimate of drug-likeness (QED) is 0.589. The molecule has 1 amide bonds. The van der Waals surface area contributed by atoms with Gasteiger partial charge in [-0.1, -0.05) is 29.3 Å². The Labute approximate surface area is 184 Å². The molecule has 2 rings (SSSR count). The molecule has 1 N–H and O–H groups in total. The van der Waals surface area contributed by atoms with Crippen LogP contribution in [0.5, 0.6) is 11.5 Å². The molecule has 0 saturated carbocycles. The molecule has 30 heavy (non-hydrogen) atoms. The molecule has 0 radical (unpaired) electrons. The van der Waals surface area contributed by atoms with Crippen molar-refractivity contribution in [1.29, 1.82) is 5.26 Å². The lowest BCUT2D eigenvalue weighted by Gasteiger charge is -2.11. The fourth-order valence-corrected chi connectivity index (χ4v) is 4.32. The summed E-state index contributed by atoms with van der Waals surface area (Å²) in [6, 6.07) is 10.2. The van der Waals surface area contributed by atoms with Crippen LogP contribution in [0.1, 0.15) is 12.5 Å². The standard InChI is InChI=1S/C20H18Cl2N2O5S/c1-3-24-20(25)12-29-17-7-4-13(9-18(17)28-2)8-15(11-23)30(26,27)19-10-14(21)5-6-16(19)22/h4-10H,3,12H2,1-2H3,(H,24,25). The smallest absolute Gasteiger partial charge is 0.257 e. The first-order valence-electron chi connectivity index (χ1n) is 8.62. The van der Waals surface area contributed by atoms with E-state index in [9.17, 15) is 18.5 Å². The summed E-state index contributed by atoms with van der Waals surface area (Å²) in [5, 5.41) is 12.2. The number of hydrogen-bond donors (Lipinski definition) is 1. The number of nitrogens with one attached hydrogen (secondary N) is 1. The van der Waals surface area contributed by atoms with Gasteiger partial charge < -0.3 is 14.8 Å². The predicted octanol–water partition coefficient (Wildman–Crippen LogP) is 3.86. The van der Waals surface area contributed by atoms with Crippen molar-refractivity contribution < 1.29 is 22.7 Å². The zero-order valence-electron chi connectivity index (χ0n) is 16.1. The summed E-state index contributed by atoms with van der Waals surface area (Å²) in [4.78, 5) is 10.8. The number of methoxy groups -OCH3 is 1. The third kappa shape index (κ3) is 5.66. The van der Waals surface area contributed by atoms with Crippen molar-refractivity contribution in [3.8, 4) is 17.6 Å². The molecule has 0 aliphatic rings. The van der Waals surface area contributed by atoms with Crippen LogP contribution in [0.3, 0.4) is 0 Å². The average Bonchev–Trinajstić information content (AvgIpc) is 2.72. The maximum absolute atomic E-state index is 12.9. The van der Waals surface area contributed by atoms with Crippen molar-refractivity contribution in [2.24, 2.45) is 0 Å². The summed E-state index contributed by atoms with van der Waals surface area (Å²) in [6.45, 7) is 2.06. The Morgan fingerprint density at radius 1 is 1.20 bits per heavy atom. The minimum Gasteiger partial charge on any atom is -0.493 e. The van der Waals surface area contributed by atoms with Gasteiger partial charge in [0.1, 0.15) is 11.0 Å². The van der Waals surface area contributed by atoms with Crippen LogP contribution in [0.15, 0.2) is 46.2 Å². The van der Waals surface area contributed by atoms with Gasteiger partial charge in [0, 0.05) is 11.6 Å².